The van der Waals surface area contributed by atoms with Crippen molar-refractivity contribution in [1.29, 1.82) is 5.26 Å². The van der Waals surface area contributed by atoms with Crippen molar-refractivity contribution in [3.8, 4) is 6.07 Å². The van der Waals surface area contributed by atoms with Crippen molar-refractivity contribution in [3.63, 3.8) is 0 Å². The van der Waals surface area contributed by atoms with Crippen molar-refractivity contribution >= 4 is 17.5 Å². The Morgan fingerprint density at radius 1 is 1.07 bits per heavy atom. The van der Waals surface area contributed by atoms with Crippen LogP contribution in [0.3, 0.4) is 0 Å². The van der Waals surface area contributed by atoms with Crippen molar-refractivity contribution in [2.75, 3.05) is 19.0 Å². The zero-order chi connectivity index (χ0) is 19.9. The van der Waals surface area contributed by atoms with E-state index in [1.54, 1.807) is 6.08 Å². The maximum absolute atomic E-state index is 12.7. The number of likely N-dealkylation sites (N-methyl/N-ethyl adjacent to an activating group) is 2. The highest BCUT2D eigenvalue weighted by Crippen LogP contribution is 2.46. The molecule has 0 aliphatic carbocycles. The van der Waals surface area contributed by atoms with Crippen LogP contribution >= 0.6 is 0 Å². The van der Waals surface area contributed by atoms with Crippen molar-refractivity contribution in [2.45, 2.75) is 32.6 Å². The number of hydrogen-bond acceptors (Lipinski definition) is 4. The van der Waals surface area contributed by atoms with Crippen LogP contribution in [0.1, 0.15) is 32.8 Å². The molecule has 1 aromatic rings. The average Bonchev–Trinajstić information content (AvgIpc) is 2.85. The third-order valence-corrected chi connectivity index (χ3v) is 5.49. The summed E-state index contributed by atoms with van der Waals surface area (Å²) in [5.74, 6) is -0.904. The first-order valence-corrected chi connectivity index (χ1v) is 8.97. The van der Waals surface area contributed by atoms with Gasteiger partial charge < -0.3 is 4.90 Å². The number of benzene rings is 1. The van der Waals surface area contributed by atoms with E-state index < -0.39 is 5.91 Å². The topological polar surface area (TPSA) is 64.4 Å². The standard InChI is InChI=1S/C22H23N3O2/c1-6-14-15(20(26)25(5)21(27)16(14)13-23)11-12-19-22(2,3)17-9-7-8-10-18(17)24(19)4/h7-12H,6H2,1-5H3/b15-11-,19-12+. The first-order valence-electron chi connectivity index (χ1n) is 8.97. The Labute approximate surface area is 159 Å². The summed E-state index contributed by atoms with van der Waals surface area (Å²) in [7, 11) is 3.42. The van der Waals surface area contributed by atoms with Crippen molar-refractivity contribution in [1.82, 2.24) is 4.90 Å². The highest BCUT2D eigenvalue weighted by Gasteiger charge is 2.38. The summed E-state index contributed by atoms with van der Waals surface area (Å²) in [4.78, 5) is 28.0. The van der Waals surface area contributed by atoms with Crippen LogP contribution in [0.4, 0.5) is 5.69 Å². The summed E-state index contributed by atoms with van der Waals surface area (Å²) >= 11 is 0. The number of nitriles is 1. The summed E-state index contributed by atoms with van der Waals surface area (Å²) in [5, 5.41) is 9.39. The molecule has 0 unspecified atom stereocenters. The van der Waals surface area contributed by atoms with E-state index in [1.807, 2.05) is 38.2 Å². The van der Waals surface area contributed by atoms with Gasteiger partial charge in [0.1, 0.15) is 11.6 Å². The fourth-order valence-corrected chi connectivity index (χ4v) is 3.95. The molecule has 2 amide bonds. The number of carbonyl (C=O) groups excluding carboxylic acids is 2. The molecular formula is C22H23N3O2. The maximum atomic E-state index is 12.7. The van der Waals surface area contributed by atoms with Gasteiger partial charge in [0.25, 0.3) is 11.8 Å². The van der Waals surface area contributed by atoms with Crippen LogP contribution in [0, 0.1) is 11.3 Å². The molecule has 0 fully saturated rings. The summed E-state index contributed by atoms with van der Waals surface area (Å²) in [6, 6.07) is 10.2. The summed E-state index contributed by atoms with van der Waals surface area (Å²) in [6.07, 6.45) is 4.13. The number of imide groups is 1. The van der Waals surface area contributed by atoms with Gasteiger partial charge >= 0.3 is 0 Å². The second-order valence-corrected chi connectivity index (χ2v) is 7.32. The second-order valence-electron chi connectivity index (χ2n) is 7.32. The highest BCUT2D eigenvalue weighted by atomic mass is 16.2. The zero-order valence-electron chi connectivity index (χ0n) is 16.3. The molecule has 0 atom stereocenters. The number of hydrogen-bond donors (Lipinski definition) is 0. The first-order chi connectivity index (χ1) is 12.8. The van der Waals surface area contributed by atoms with E-state index in [0.717, 1.165) is 16.3 Å². The molecule has 2 aliphatic heterocycles. The summed E-state index contributed by atoms with van der Waals surface area (Å²) in [5.41, 5.74) is 4.17. The van der Waals surface area contributed by atoms with Crippen LogP contribution in [0.5, 0.6) is 0 Å². The molecule has 0 saturated carbocycles. The molecule has 2 aliphatic rings. The number of amides is 2. The van der Waals surface area contributed by atoms with Gasteiger partial charge in [0.15, 0.2) is 0 Å². The van der Waals surface area contributed by atoms with Crippen LogP contribution in [0.15, 0.2) is 58.8 Å². The lowest BCUT2D eigenvalue weighted by Crippen LogP contribution is -2.40. The Morgan fingerprint density at radius 2 is 1.74 bits per heavy atom. The molecule has 0 saturated heterocycles. The Bertz CT molecular complexity index is 974. The zero-order valence-corrected chi connectivity index (χ0v) is 16.3. The van der Waals surface area contributed by atoms with Crippen LogP contribution < -0.4 is 4.90 Å². The van der Waals surface area contributed by atoms with Crippen molar-refractivity contribution in [3.05, 3.63) is 64.4 Å². The fourth-order valence-electron chi connectivity index (χ4n) is 3.95. The molecule has 0 N–H and O–H groups in total. The molecule has 0 aromatic heterocycles. The molecule has 2 heterocycles. The highest BCUT2D eigenvalue weighted by molar-refractivity contribution is 6.18. The number of fused-ring (bicyclic) bond motifs is 1. The SMILES string of the molecule is CCC1=C(C#N)C(=O)N(C)C(=O)/C1=C\C=C1\N(C)c2ccccc2C1(C)C. The molecule has 5 heteroatoms. The Kier molecular flexibility index (Phi) is 4.52. The molecule has 3 rings (SSSR count). The van der Waals surface area contributed by atoms with Crippen LogP contribution in [0.2, 0.25) is 0 Å². The molecule has 27 heavy (non-hydrogen) atoms. The van der Waals surface area contributed by atoms with E-state index in [0.29, 0.717) is 17.6 Å². The van der Waals surface area contributed by atoms with E-state index >= 15 is 0 Å². The molecule has 5 nitrogen and oxygen atoms in total. The van der Waals surface area contributed by atoms with Crippen LogP contribution in [-0.2, 0) is 15.0 Å². The Morgan fingerprint density at radius 3 is 2.33 bits per heavy atom. The smallest absolute Gasteiger partial charge is 0.271 e. The summed E-state index contributed by atoms with van der Waals surface area (Å²) < 4.78 is 0. The van der Waals surface area contributed by atoms with E-state index in [9.17, 15) is 14.9 Å². The molecule has 1 aromatic carbocycles. The number of allylic oxidation sites excluding steroid dienone is 3. The van der Waals surface area contributed by atoms with Crippen molar-refractivity contribution < 1.29 is 9.59 Å². The van der Waals surface area contributed by atoms with Crippen LogP contribution in [0.25, 0.3) is 0 Å². The lowest BCUT2D eigenvalue weighted by atomic mass is 9.83. The van der Waals surface area contributed by atoms with Gasteiger partial charge in [-0.1, -0.05) is 39.0 Å². The number of para-hydroxylation sites is 1. The number of carbonyl (C=O) groups is 2. The predicted octanol–water partition coefficient (Wildman–Crippen LogP) is 3.45. The van der Waals surface area contributed by atoms with Gasteiger partial charge in [0, 0.05) is 36.5 Å². The number of nitrogens with zero attached hydrogens (tertiary/aromatic N) is 3. The molecule has 0 bridgehead atoms. The second kappa shape index (κ2) is 6.55. The average molecular weight is 361 g/mol. The normalized spacial score (nSPS) is 21.9. The molecule has 0 spiro atoms. The Hall–Kier alpha value is -3.13. The molecule has 0 radical (unpaired) electrons. The minimum absolute atomic E-state index is 0.0478. The monoisotopic (exact) mass is 361 g/mol. The lowest BCUT2D eigenvalue weighted by molar-refractivity contribution is -0.138. The van der Waals surface area contributed by atoms with Gasteiger partial charge in [-0.05, 0) is 35.8 Å². The van der Waals surface area contributed by atoms with Crippen molar-refractivity contribution in [2.24, 2.45) is 0 Å². The van der Waals surface area contributed by atoms with Gasteiger partial charge in [0.2, 0.25) is 0 Å². The molecule has 138 valence electrons. The molecular weight excluding hydrogens is 338 g/mol. The third-order valence-electron chi connectivity index (χ3n) is 5.49. The summed E-state index contributed by atoms with van der Waals surface area (Å²) in [6.45, 7) is 6.14. The maximum Gasteiger partial charge on any atom is 0.271 e. The minimum Gasteiger partial charge on any atom is -0.347 e. The number of anilines is 1. The number of rotatable bonds is 2. The van der Waals surface area contributed by atoms with Crippen LogP contribution in [-0.4, -0.2) is 30.8 Å². The van der Waals surface area contributed by atoms with E-state index in [-0.39, 0.29) is 16.9 Å². The van der Waals surface area contributed by atoms with Gasteiger partial charge in [-0.25, -0.2) is 0 Å². The minimum atomic E-state index is -0.533. The van der Waals surface area contributed by atoms with Gasteiger partial charge in [0.05, 0.1) is 0 Å². The quantitative estimate of drug-likeness (QED) is 0.598. The first kappa shape index (κ1) is 18.7. The van der Waals surface area contributed by atoms with Gasteiger partial charge in [-0.2, -0.15) is 5.26 Å². The third kappa shape index (κ3) is 2.69. The van der Waals surface area contributed by atoms with Gasteiger partial charge in [-0.3, -0.25) is 14.5 Å². The Balaban J connectivity index is 2.14. The fraction of sp³-hybridized carbons (Fsp3) is 0.318. The largest absolute Gasteiger partial charge is 0.347 e. The van der Waals surface area contributed by atoms with E-state index in [4.69, 9.17) is 0 Å². The van der Waals surface area contributed by atoms with E-state index in [1.165, 1.54) is 12.6 Å². The predicted molar refractivity (Wildman–Crippen MR) is 105 cm³/mol. The van der Waals surface area contributed by atoms with Gasteiger partial charge in [-0.15, -0.1) is 0 Å². The lowest BCUT2D eigenvalue weighted by Gasteiger charge is -2.26. The van der Waals surface area contributed by atoms with E-state index in [2.05, 4.69) is 30.9 Å².